The molecule has 1 aromatic rings. The molecule has 3 N–H and O–H groups in total. The molecule has 0 saturated carbocycles. The standard InChI is InChI=1S/C9H18N6/c1-14(9-11-8(10)12-13-9)6-7-15-4-2-3-5-15/h2-7H2,1H3,(H3,10,11,12,13). The van der Waals surface area contributed by atoms with Gasteiger partial charge in [-0.2, -0.15) is 4.98 Å². The molecule has 0 radical (unpaired) electrons. The van der Waals surface area contributed by atoms with Gasteiger partial charge in [-0.3, -0.25) is 0 Å². The predicted molar refractivity (Wildman–Crippen MR) is 59.7 cm³/mol. The minimum absolute atomic E-state index is 0.373. The molecule has 1 aromatic heterocycles. The molecule has 2 rings (SSSR count). The summed E-state index contributed by atoms with van der Waals surface area (Å²) in [6.07, 6.45) is 2.66. The molecule has 0 spiro atoms. The van der Waals surface area contributed by atoms with Gasteiger partial charge in [-0.1, -0.05) is 0 Å². The van der Waals surface area contributed by atoms with E-state index in [1.807, 2.05) is 11.9 Å². The van der Waals surface area contributed by atoms with Crippen LogP contribution in [0.2, 0.25) is 0 Å². The molecule has 0 bridgehead atoms. The van der Waals surface area contributed by atoms with Crippen molar-refractivity contribution < 1.29 is 0 Å². The fourth-order valence-corrected chi connectivity index (χ4v) is 1.83. The summed E-state index contributed by atoms with van der Waals surface area (Å²) in [5.41, 5.74) is 5.47. The predicted octanol–water partition coefficient (Wildman–Crippen LogP) is -0.0811. The van der Waals surface area contributed by atoms with Crippen molar-refractivity contribution in [2.24, 2.45) is 0 Å². The molecule has 1 aliphatic heterocycles. The zero-order chi connectivity index (χ0) is 10.7. The highest BCUT2D eigenvalue weighted by molar-refractivity contribution is 5.32. The van der Waals surface area contributed by atoms with E-state index in [0.29, 0.717) is 11.9 Å². The first-order chi connectivity index (χ1) is 7.25. The molecule has 1 saturated heterocycles. The van der Waals surface area contributed by atoms with Crippen LogP contribution in [-0.2, 0) is 0 Å². The molecular formula is C9H18N6. The highest BCUT2D eigenvalue weighted by Gasteiger charge is 2.13. The summed E-state index contributed by atoms with van der Waals surface area (Å²) < 4.78 is 0. The second-order valence-electron chi connectivity index (χ2n) is 3.99. The SMILES string of the molecule is CN(CCN1CCCC1)c1n[nH]c(N)n1. The van der Waals surface area contributed by atoms with Crippen molar-refractivity contribution in [2.75, 3.05) is 43.9 Å². The van der Waals surface area contributed by atoms with Gasteiger partial charge in [0, 0.05) is 20.1 Å². The molecular weight excluding hydrogens is 192 g/mol. The molecule has 6 nitrogen and oxygen atoms in total. The minimum atomic E-state index is 0.373. The third-order valence-electron chi connectivity index (χ3n) is 2.78. The van der Waals surface area contributed by atoms with E-state index in [-0.39, 0.29) is 0 Å². The third kappa shape index (κ3) is 2.59. The Morgan fingerprint density at radius 1 is 1.47 bits per heavy atom. The second-order valence-corrected chi connectivity index (χ2v) is 3.99. The maximum absolute atomic E-state index is 5.47. The minimum Gasteiger partial charge on any atom is -0.368 e. The number of anilines is 2. The quantitative estimate of drug-likeness (QED) is 0.727. The van der Waals surface area contributed by atoms with Crippen LogP contribution in [-0.4, -0.2) is 53.3 Å². The molecule has 1 fully saturated rings. The Morgan fingerprint density at radius 3 is 2.80 bits per heavy atom. The Labute approximate surface area is 89.5 Å². The highest BCUT2D eigenvalue weighted by Crippen LogP contribution is 2.08. The summed E-state index contributed by atoms with van der Waals surface area (Å²) in [6, 6.07) is 0. The first kappa shape index (κ1) is 10.2. The number of aromatic amines is 1. The van der Waals surface area contributed by atoms with Gasteiger partial charge in [0.1, 0.15) is 0 Å². The van der Waals surface area contributed by atoms with Crippen molar-refractivity contribution in [1.29, 1.82) is 0 Å². The smallest absolute Gasteiger partial charge is 0.246 e. The number of rotatable bonds is 4. The van der Waals surface area contributed by atoms with E-state index < -0.39 is 0 Å². The Hall–Kier alpha value is -1.30. The van der Waals surface area contributed by atoms with Crippen molar-refractivity contribution in [3.8, 4) is 0 Å². The molecule has 84 valence electrons. The molecule has 0 atom stereocenters. The summed E-state index contributed by atoms with van der Waals surface area (Å²) in [5.74, 6) is 1.05. The maximum Gasteiger partial charge on any atom is 0.246 e. The van der Waals surface area contributed by atoms with Crippen LogP contribution in [0.4, 0.5) is 11.9 Å². The van der Waals surface area contributed by atoms with Crippen LogP contribution in [0, 0.1) is 0 Å². The van der Waals surface area contributed by atoms with Gasteiger partial charge in [0.25, 0.3) is 0 Å². The lowest BCUT2D eigenvalue weighted by molar-refractivity contribution is 0.346. The fourth-order valence-electron chi connectivity index (χ4n) is 1.83. The van der Waals surface area contributed by atoms with E-state index in [0.717, 1.165) is 13.1 Å². The lowest BCUT2D eigenvalue weighted by Gasteiger charge is -2.19. The number of likely N-dealkylation sites (tertiary alicyclic amines) is 1. The number of H-pyrrole nitrogens is 1. The molecule has 0 amide bonds. The van der Waals surface area contributed by atoms with Gasteiger partial charge in [-0.05, 0) is 25.9 Å². The fraction of sp³-hybridized carbons (Fsp3) is 0.778. The summed E-state index contributed by atoms with van der Waals surface area (Å²) >= 11 is 0. The average Bonchev–Trinajstić information content (AvgIpc) is 2.84. The topological polar surface area (TPSA) is 74.1 Å². The largest absolute Gasteiger partial charge is 0.368 e. The van der Waals surface area contributed by atoms with Gasteiger partial charge < -0.3 is 15.5 Å². The van der Waals surface area contributed by atoms with Crippen molar-refractivity contribution in [3.63, 3.8) is 0 Å². The average molecular weight is 210 g/mol. The van der Waals surface area contributed by atoms with Gasteiger partial charge in [0.2, 0.25) is 11.9 Å². The van der Waals surface area contributed by atoms with Crippen molar-refractivity contribution in [3.05, 3.63) is 0 Å². The maximum atomic E-state index is 5.47. The summed E-state index contributed by atoms with van der Waals surface area (Å²) in [6.45, 7) is 4.47. The molecule has 0 aromatic carbocycles. The van der Waals surface area contributed by atoms with Crippen LogP contribution in [0.15, 0.2) is 0 Å². The highest BCUT2D eigenvalue weighted by atomic mass is 15.4. The summed E-state index contributed by atoms with van der Waals surface area (Å²) in [4.78, 5) is 8.56. The van der Waals surface area contributed by atoms with Crippen LogP contribution in [0.3, 0.4) is 0 Å². The second kappa shape index (κ2) is 4.48. The number of hydrogen-bond acceptors (Lipinski definition) is 5. The zero-order valence-electron chi connectivity index (χ0n) is 9.11. The Kier molecular flexibility index (Phi) is 3.05. The molecule has 15 heavy (non-hydrogen) atoms. The van der Waals surface area contributed by atoms with E-state index in [2.05, 4.69) is 20.1 Å². The van der Waals surface area contributed by atoms with Crippen LogP contribution >= 0.6 is 0 Å². The lowest BCUT2D eigenvalue weighted by Crippen LogP contribution is -2.31. The van der Waals surface area contributed by atoms with Crippen molar-refractivity contribution in [1.82, 2.24) is 20.1 Å². The van der Waals surface area contributed by atoms with E-state index in [1.54, 1.807) is 0 Å². The number of aromatic nitrogens is 3. The van der Waals surface area contributed by atoms with Crippen molar-refractivity contribution >= 4 is 11.9 Å². The van der Waals surface area contributed by atoms with Gasteiger partial charge in [-0.25, -0.2) is 5.10 Å². The number of nitrogen functional groups attached to an aromatic ring is 1. The van der Waals surface area contributed by atoms with Crippen LogP contribution in [0.25, 0.3) is 0 Å². The van der Waals surface area contributed by atoms with E-state index in [9.17, 15) is 0 Å². The van der Waals surface area contributed by atoms with Crippen LogP contribution < -0.4 is 10.6 Å². The summed E-state index contributed by atoms with van der Waals surface area (Å²) in [5, 5.41) is 6.65. The monoisotopic (exact) mass is 210 g/mol. The number of likely N-dealkylation sites (N-methyl/N-ethyl adjacent to an activating group) is 1. The number of nitrogens with one attached hydrogen (secondary N) is 1. The molecule has 2 heterocycles. The van der Waals surface area contributed by atoms with Gasteiger partial charge >= 0.3 is 0 Å². The van der Waals surface area contributed by atoms with Crippen LogP contribution in [0.5, 0.6) is 0 Å². The Morgan fingerprint density at radius 2 is 2.20 bits per heavy atom. The van der Waals surface area contributed by atoms with E-state index >= 15 is 0 Å². The molecule has 6 heteroatoms. The van der Waals surface area contributed by atoms with E-state index in [1.165, 1.54) is 25.9 Å². The third-order valence-corrected chi connectivity index (χ3v) is 2.78. The first-order valence-electron chi connectivity index (χ1n) is 5.37. The summed E-state index contributed by atoms with van der Waals surface area (Å²) in [7, 11) is 1.98. The molecule has 1 aliphatic rings. The molecule has 0 aliphatic carbocycles. The number of nitrogens with zero attached hydrogens (tertiary/aromatic N) is 4. The Bertz CT molecular complexity index is 303. The normalized spacial score (nSPS) is 17.1. The number of nitrogens with two attached hydrogens (primary N) is 1. The Balaban J connectivity index is 1.79. The van der Waals surface area contributed by atoms with Gasteiger partial charge in [0.15, 0.2) is 0 Å². The number of hydrogen-bond donors (Lipinski definition) is 2. The lowest BCUT2D eigenvalue weighted by atomic mass is 10.4. The first-order valence-corrected chi connectivity index (χ1v) is 5.37. The van der Waals surface area contributed by atoms with Gasteiger partial charge in [0.05, 0.1) is 0 Å². The van der Waals surface area contributed by atoms with Crippen LogP contribution in [0.1, 0.15) is 12.8 Å². The van der Waals surface area contributed by atoms with E-state index in [4.69, 9.17) is 5.73 Å². The molecule has 0 unspecified atom stereocenters. The zero-order valence-corrected chi connectivity index (χ0v) is 9.11. The van der Waals surface area contributed by atoms with Gasteiger partial charge in [-0.15, -0.1) is 5.10 Å². The van der Waals surface area contributed by atoms with Crippen molar-refractivity contribution in [2.45, 2.75) is 12.8 Å².